The third-order valence-corrected chi connectivity index (χ3v) is 4.60. The summed E-state index contributed by atoms with van der Waals surface area (Å²) in [6.07, 6.45) is 1.13. The fourth-order valence-corrected chi connectivity index (χ4v) is 3.23. The van der Waals surface area contributed by atoms with Gasteiger partial charge in [-0.3, -0.25) is 4.79 Å². The van der Waals surface area contributed by atoms with Crippen LogP contribution >= 0.6 is 11.8 Å². The van der Waals surface area contributed by atoms with Crippen LogP contribution in [0.25, 0.3) is 0 Å². The van der Waals surface area contributed by atoms with Crippen molar-refractivity contribution in [1.29, 1.82) is 0 Å². The van der Waals surface area contributed by atoms with Crippen molar-refractivity contribution >= 4 is 23.4 Å². The number of anilines is 1. The van der Waals surface area contributed by atoms with Crippen LogP contribution in [0.3, 0.4) is 0 Å². The highest BCUT2D eigenvalue weighted by atomic mass is 32.2. The van der Waals surface area contributed by atoms with Gasteiger partial charge in [0.15, 0.2) is 0 Å². The number of thioether (sulfide) groups is 1. The number of hydrogen-bond acceptors (Lipinski definition) is 5. The van der Waals surface area contributed by atoms with Gasteiger partial charge < -0.3 is 20.5 Å². The highest BCUT2D eigenvalue weighted by molar-refractivity contribution is 8.00. The van der Waals surface area contributed by atoms with Gasteiger partial charge in [-0.2, -0.15) is 0 Å². The molecule has 116 valence electrons. The molecule has 5 nitrogen and oxygen atoms in total. The molecule has 2 rings (SSSR count). The molecule has 1 aromatic carbocycles. The van der Waals surface area contributed by atoms with E-state index in [0.717, 1.165) is 17.0 Å². The van der Waals surface area contributed by atoms with E-state index in [-0.39, 0.29) is 29.9 Å². The average molecular weight is 310 g/mol. The summed E-state index contributed by atoms with van der Waals surface area (Å²) in [7, 11) is 1.71. The van der Waals surface area contributed by atoms with E-state index in [1.165, 1.54) is 11.8 Å². The first-order valence-electron chi connectivity index (χ1n) is 7.06. The van der Waals surface area contributed by atoms with Crippen LogP contribution in [0.15, 0.2) is 29.2 Å². The molecule has 1 aliphatic carbocycles. The van der Waals surface area contributed by atoms with Crippen LogP contribution in [0.2, 0.25) is 0 Å². The second-order valence-electron chi connectivity index (χ2n) is 4.93. The summed E-state index contributed by atoms with van der Waals surface area (Å²) in [6.45, 7) is 2.69. The van der Waals surface area contributed by atoms with Crippen molar-refractivity contribution in [1.82, 2.24) is 0 Å². The summed E-state index contributed by atoms with van der Waals surface area (Å²) in [5, 5.41) is 3.48. The lowest BCUT2D eigenvalue weighted by molar-refractivity contribution is -0.118. The van der Waals surface area contributed by atoms with Crippen LogP contribution in [0.4, 0.5) is 5.69 Å². The van der Waals surface area contributed by atoms with Gasteiger partial charge in [-0.25, -0.2) is 0 Å². The highest BCUT2D eigenvalue weighted by Gasteiger charge is 2.42. The van der Waals surface area contributed by atoms with Crippen LogP contribution in [-0.2, 0) is 14.3 Å². The quantitative estimate of drug-likeness (QED) is 0.717. The van der Waals surface area contributed by atoms with E-state index in [0.29, 0.717) is 6.61 Å². The van der Waals surface area contributed by atoms with Crippen molar-refractivity contribution in [3.8, 4) is 0 Å². The fourth-order valence-electron chi connectivity index (χ4n) is 2.48. The molecule has 3 unspecified atom stereocenters. The van der Waals surface area contributed by atoms with Crippen LogP contribution in [0.5, 0.6) is 0 Å². The molecular weight excluding hydrogens is 288 g/mol. The molecule has 6 heteroatoms. The van der Waals surface area contributed by atoms with Crippen LogP contribution in [0, 0.1) is 0 Å². The number of ether oxygens (including phenoxy) is 2. The molecule has 0 heterocycles. The normalized spacial score (nSPS) is 24.4. The Morgan fingerprint density at radius 1 is 1.48 bits per heavy atom. The Balaban J connectivity index is 1.98. The van der Waals surface area contributed by atoms with Gasteiger partial charge in [-0.05, 0) is 25.5 Å². The van der Waals surface area contributed by atoms with Crippen molar-refractivity contribution < 1.29 is 14.3 Å². The summed E-state index contributed by atoms with van der Waals surface area (Å²) in [6, 6.07) is 8.13. The molecular formula is C15H22N2O3S. The molecule has 1 amide bonds. The summed E-state index contributed by atoms with van der Waals surface area (Å²) >= 11 is 1.44. The Kier molecular flexibility index (Phi) is 5.90. The topological polar surface area (TPSA) is 73.6 Å². The van der Waals surface area contributed by atoms with E-state index in [9.17, 15) is 4.79 Å². The lowest BCUT2D eigenvalue weighted by atomic mass is 9.85. The molecule has 0 spiro atoms. The minimum atomic E-state index is -0.315. The monoisotopic (exact) mass is 310 g/mol. The largest absolute Gasteiger partial charge is 0.379 e. The first-order chi connectivity index (χ1) is 10.2. The molecule has 0 saturated heterocycles. The molecule has 0 aromatic heterocycles. The van der Waals surface area contributed by atoms with E-state index in [1.54, 1.807) is 7.11 Å². The SMILES string of the molecule is CCOC1CC(Nc2ccccc2SCC(N)=O)C1OC. The third kappa shape index (κ3) is 4.12. The predicted molar refractivity (Wildman–Crippen MR) is 84.6 cm³/mol. The minimum Gasteiger partial charge on any atom is -0.379 e. The first kappa shape index (κ1) is 16.1. The number of nitrogens with one attached hydrogen (secondary N) is 1. The number of carbonyl (C=O) groups excluding carboxylic acids is 1. The van der Waals surface area contributed by atoms with Crippen molar-refractivity contribution in [2.45, 2.75) is 36.5 Å². The van der Waals surface area contributed by atoms with Crippen LogP contribution in [-0.4, -0.2) is 43.6 Å². The number of hydrogen-bond donors (Lipinski definition) is 2. The van der Waals surface area contributed by atoms with Gasteiger partial charge in [0, 0.05) is 24.3 Å². The lowest BCUT2D eigenvalue weighted by Gasteiger charge is -2.44. The summed E-state index contributed by atoms with van der Waals surface area (Å²) in [5.74, 6) is -0.0387. The Morgan fingerprint density at radius 2 is 2.24 bits per heavy atom. The number of primary amides is 1. The van der Waals surface area contributed by atoms with Gasteiger partial charge in [-0.1, -0.05) is 12.1 Å². The van der Waals surface area contributed by atoms with Crippen molar-refractivity contribution in [2.75, 3.05) is 24.8 Å². The average Bonchev–Trinajstić information content (AvgIpc) is 2.45. The van der Waals surface area contributed by atoms with Crippen LogP contribution in [0.1, 0.15) is 13.3 Å². The molecule has 0 aliphatic heterocycles. The highest BCUT2D eigenvalue weighted by Crippen LogP contribution is 2.33. The molecule has 0 radical (unpaired) electrons. The zero-order chi connectivity index (χ0) is 15.2. The van der Waals surface area contributed by atoms with E-state index in [2.05, 4.69) is 5.32 Å². The van der Waals surface area contributed by atoms with Gasteiger partial charge in [0.25, 0.3) is 0 Å². The zero-order valence-corrected chi connectivity index (χ0v) is 13.2. The number of benzene rings is 1. The minimum absolute atomic E-state index is 0.0548. The summed E-state index contributed by atoms with van der Waals surface area (Å²) in [4.78, 5) is 12.0. The molecule has 1 aromatic rings. The molecule has 1 aliphatic rings. The number of carbonyl (C=O) groups is 1. The second kappa shape index (κ2) is 7.68. The maximum Gasteiger partial charge on any atom is 0.227 e. The second-order valence-corrected chi connectivity index (χ2v) is 5.95. The Hall–Kier alpha value is -1.24. The van der Waals surface area contributed by atoms with E-state index >= 15 is 0 Å². The summed E-state index contributed by atoms with van der Waals surface area (Å²) < 4.78 is 11.1. The molecule has 3 N–H and O–H groups in total. The maximum atomic E-state index is 10.9. The number of rotatable bonds is 8. The fraction of sp³-hybridized carbons (Fsp3) is 0.533. The van der Waals surface area contributed by atoms with Gasteiger partial charge in [0.05, 0.1) is 17.9 Å². The van der Waals surface area contributed by atoms with Crippen molar-refractivity contribution in [3.05, 3.63) is 24.3 Å². The Labute approximate surface area is 129 Å². The van der Waals surface area contributed by atoms with E-state index in [1.807, 2.05) is 31.2 Å². The Bertz CT molecular complexity index is 484. The Morgan fingerprint density at radius 3 is 2.90 bits per heavy atom. The third-order valence-electron chi connectivity index (χ3n) is 3.50. The zero-order valence-electron chi connectivity index (χ0n) is 12.4. The van der Waals surface area contributed by atoms with Gasteiger partial charge >= 0.3 is 0 Å². The van der Waals surface area contributed by atoms with Crippen molar-refractivity contribution in [3.63, 3.8) is 0 Å². The van der Waals surface area contributed by atoms with Gasteiger partial charge in [-0.15, -0.1) is 11.8 Å². The first-order valence-corrected chi connectivity index (χ1v) is 8.05. The molecule has 3 atom stereocenters. The number of methoxy groups -OCH3 is 1. The number of para-hydroxylation sites is 1. The van der Waals surface area contributed by atoms with E-state index in [4.69, 9.17) is 15.2 Å². The van der Waals surface area contributed by atoms with Crippen LogP contribution < -0.4 is 11.1 Å². The summed E-state index contributed by atoms with van der Waals surface area (Å²) in [5.41, 5.74) is 6.21. The number of amides is 1. The number of nitrogens with two attached hydrogens (primary N) is 1. The maximum absolute atomic E-state index is 10.9. The van der Waals surface area contributed by atoms with Gasteiger partial charge in [0.2, 0.25) is 5.91 Å². The van der Waals surface area contributed by atoms with Gasteiger partial charge in [0.1, 0.15) is 6.10 Å². The molecule has 1 saturated carbocycles. The molecule has 21 heavy (non-hydrogen) atoms. The molecule has 1 fully saturated rings. The standard InChI is InChI=1S/C15H22N2O3S/c1-3-20-12-8-11(15(12)19-2)17-10-6-4-5-7-13(10)21-9-14(16)18/h4-7,11-12,15,17H,3,8-9H2,1-2H3,(H2,16,18). The van der Waals surface area contributed by atoms with E-state index < -0.39 is 0 Å². The lowest BCUT2D eigenvalue weighted by Crippen LogP contribution is -2.56. The predicted octanol–water partition coefficient (Wildman–Crippen LogP) is 1.87. The van der Waals surface area contributed by atoms with Crippen molar-refractivity contribution in [2.24, 2.45) is 5.73 Å². The smallest absolute Gasteiger partial charge is 0.227 e. The molecule has 0 bridgehead atoms.